The van der Waals surface area contributed by atoms with Crippen LogP contribution in [0.1, 0.15) is 35.3 Å². The van der Waals surface area contributed by atoms with Crippen molar-refractivity contribution >= 4 is 0 Å². The highest BCUT2D eigenvalue weighted by molar-refractivity contribution is 5.29. The first-order chi connectivity index (χ1) is 9.91. The van der Waals surface area contributed by atoms with E-state index in [9.17, 15) is 13.2 Å². The topological polar surface area (TPSA) is 37.8 Å². The number of rotatable bonds is 4. The molecule has 0 saturated carbocycles. The molecule has 0 spiro atoms. The third-order valence-electron chi connectivity index (χ3n) is 3.05. The van der Waals surface area contributed by atoms with Crippen molar-refractivity contribution in [3.05, 3.63) is 59.2 Å². The van der Waals surface area contributed by atoms with Gasteiger partial charge in [-0.1, -0.05) is 13.0 Å². The average Bonchev–Trinajstić information content (AvgIpc) is 2.44. The van der Waals surface area contributed by atoms with Gasteiger partial charge in [-0.05, 0) is 36.7 Å². The molecule has 0 saturated heterocycles. The minimum absolute atomic E-state index is 0.273. The first-order valence-electron chi connectivity index (χ1n) is 6.60. The molecule has 0 aliphatic carbocycles. The largest absolute Gasteiger partial charge is 0.417 e. The molecule has 0 amide bonds. The Balaban J connectivity index is 2.34. The Morgan fingerprint density at radius 3 is 2.48 bits per heavy atom. The Labute approximate surface area is 121 Å². The number of hydrogen-bond donors (Lipinski definition) is 1. The van der Waals surface area contributed by atoms with E-state index in [2.05, 4.69) is 15.3 Å². The Kier molecular flexibility index (Phi) is 4.57. The molecule has 0 aromatic carbocycles. The molecule has 1 atom stereocenters. The molecule has 21 heavy (non-hydrogen) atoms. The molecule has 112 valence electrons. The maximum absolute atomic E-state index is 12.6. The molecule has 0 bridgehead atoms. The molecule has 0 fully saturated rings. The number of alkyl halides is 3. The van der Waals surface area contributed by atoms with Gasteiger partial charge in [-0.2, -0.15) is 13.2 Å². The molecular weight excluding hydrogens is 279 g/mol. The zero-order valence-electron chi connectivity index (χ0n) is 11.8. The number of nitrogens with zero attached hydrogens (tertiary/aromatic N) is 2. The molecular formula is C15H16F3N3. The molecule has 0 aliphatic heterocycles. The summed E-state index contributed by atoms with van der Waals surface area (Å²) in [5, 5.41) is 3.22. The lowest BCUT2D eigenvalue weighted by atomic mass is 10.0. The predicted octanol–water partition coefficient (Wildman–Crippen LogP) is 3.50. The summed E-state index contributed by atoms with van der Waals surface area (Å²) in [5.41, 5.74) is 1.66. The van der Waals surface area contributed by atoms with E-state index < -0.39 is 11.7 Å². The fourth-order valence-corrected chi connectivity index (χ4v) is 2.08. The van der Waals surface area contributed by atoms with Crippen LogP contribution in [0.5, 0.6) is 0 Å². The third kappa shape index (κ3) is 3.78. The molecule has 2 rings (SSSR count). The van der Waals surface area contributed by atoms with E-state index in [0.29, 0.717) is 12.2 Å². The summed E-state index contributed by atoms with van der Waals surface area (Å²) < 4.78 is 37.7. The zero-order valence-corrected chi connectivity index (χ0v) is 11.8. The number of pyridine rings is 2. The fraction of sp³-hybridized carbons (Fsp3) is 0.333. The molecule has 6 heteroatoms. The van der Waals surface area contributed by atoms with Crippen LogP contribution in [-0.4, -0.2) is 16.5 Å². The van der Waals surface area contributed by atoms with E-state index in [1.807, 2.05) is 19.9 Å². The summed E-state index contributed by atoms with van der Waals surface area (Å²) in [6.07, 6.45) is -0.0840. The van der Waals surface area contributed by atoms with Gasteiger partial charge in [-0.25, -0.2) is 0 Å². The van der Waals surface area contributed by atoms with Crippen molar-refractivity contribution in [1.82, 2.24) is 15.3 Å². The van der Waals surface area contributed by atoms with Crippen molar-refractivity contribution in [2.24, 2.45) is 0 Å². The number of aryl methyl sites for hydroxylation is 1. The molecule has 3 nitrogen and oxygen atoms in total. The van der Waals surface area contributed by atoms with Crippen molar-refractivity contribution in [1.29, 1.82) is 0 Å². The van der Waals surface area contributed by atoms with E-state index >= 15 is 0 Å². The number of hydrogen-bond acceptors (Lipinski definition) is 3. The second-order valence-corrected chi connectivity index (χ2v) is 4.76. The maximum Gasteiger partial charge on any atom is 0.417 e. The highest BCUT2D eigenvalue weighted by Gasteiger charge is 2.31. The Morgan fingerprint density at radius 2 is 1.95 bits per heavy atom. The molecule has 0 radical (unpaired) electrons. The molecule has 1 unspecified atom stereocenters. The van der Waals surface area contributed by atoms with E-state index in [-0.39, 0.29) is 6.04 Å². The van der Waals surface area contributed by atoms with Crippen LogP contribution in [0.4, 0.5) is 13.2 Å². The predicted molar refractivity (Wildman–Crippen MR) is 73.7 cm³/mol. The van der Waals surface area contributed by atoms with Crippen molar-refractivity contribution < 1.29 is 13.2 Å². The number of nitrogens with one attached hydrogen (secondary N) is 1. The van der Waals surface area contributed by atoms with Gasteiger partial charge in [-0.15, -0.1) is 0 Å². The van der Waals surface area contributed by atoms with Gasteiger partial charge in [0.1, 0.15) is 0 Å². The van der Waals surface area contributed by atoms with Gasteiger partial charge in [0, 0.05) is 18.6 Å². The van der Waals surface area contributed by atoms with Gasteiger partial charge in [0.05, 0.1) is 17.3 Å². The summed E-state index contributed by atoms with van der Waals surface area (Å²) in [7, 11) is 0. The monoisotopic (exact) mass is 295 g/mol. The summed E-state index contributed by atoms with van der Waals surface area (Å²) in [4.78, 5) is 8.08. The highest BCUT2D eigenvalue weighted by atomic mass is 19.4. The number of halogens is 3. The van der Waals surface area contributed by atoms with E-state index in [0.717, 1.165) is 23.4 Å². The van der Waals surface area contributed by atoms with Crippen molar-refractivity contribution in [2.75, 3.05) is 6.54 Å². The lowest BCUT2D eigenvalue weighted by Crippen LogP contribution is -2.23. The fourth-order valence-electron chi connectivity index (χ4n) is 2.08. The maximum atomic E-state index is 12.6. The van der Waals surface area contributed by atoms with E-state index in [1.54, 1.807) is 12.4 Å². The van der Waals surface area contributed by atoms with Gasteiger partial charge in [0.25, 0.3) is 0 Å². The van der Waals surface area contributed by atoms with Crippen LogP contribution in [0.3, 0.4) is 0 Å². The minimum atomic E-state index is -4.37. The summed E-state index contributed by atoms with van der Waals surface area (Å²) in [6, 6.07) is 4.12. The second-order valence-electron chi connectivity index (χ2n) is 4.76. The Morgan fingerprint density at radius 1 is 1.19 bits per heavy atom. The van der Waals surface area contributed by atoms with Crippen molar-refractivity contribution in [2.45, 2.75) is 26.1 Å². The van der Waals surface area contributed by atoms with Crippen LogP contribution < -0.4 is 5.32 Å². The Hall–Kier alpha value is -1.95. The average molecular weight is 295 g/mol. The van der Waals surface area contributed by atoms with E-state index in [4.69, 9.17) is 0 Å². The van der Waals surface area contributed by atoms with Crippen LogP contribution in [0.15, 0.2) is 36.8 Å². The lowest BCUT2D eigenvalue weighted by molar-refractivity contribution is -0.137. The first kappa shape index (κ1) is 15.4. The summed E-state index contributed by atoms with van der Waals surface area (Å²) in [6.45, 7) is 4.52. The van der Waals surface area contributed by atoms with Crippen molar-refractivity contribution in [3.8, 4) is 0 Å². The Bertz CT molecular complexity index is 594. The molecule has 1 N–H and O–H groups in total. The molecule has 0 aliphatic rings. The summed E-state index contributed by atoms with van der Waals surface area (Å²) in [5.74, 6) is 0. The van der Waals surface area contributed by atoms with Crippen LogP contribution in [0, 0.1) is 6.92 Å². The van der Waals surface area contributed by atoms with Crippen LogP contribution in [-0.2, 0) is 6.18 Å². The van der Waals surface area contributed by atoms with Crippen LogP contribution in [0.2, 0.25) is 0 Å². The van der Waals surface area contributed by atoms with Crippen molar-refractivity contribution in [3.63, 3.8) is 0 Å². The number of aromatic nitrogens is 2. The van der Waals surface area contributed by atoms with Gasteiger partial charge < -0.3 is 5.32 Å². The van der Waals surface area contributed by atoms with Crippen LogP contribution in [0.25, 0.3) is 0 Å². The SMILES string of the molecule is CCNC(c1cncc(C)c1)c1ccc(C(F)(F)F)cn1. The van der Waals surface area contributed by atoms with Gasteiger partial charge in [0.2, 0.25) is 0 Å². The second kappa shape index (κ2) is 6.22. The van der Waals surface area contributed by atoms with E-state index in [1.165, 1.54) is 6.07 Å². The smallest absolute Gasteiger partial charge is 0.305 e. The third-order valence-corrected chi connectivity index (χ3v) is 3.05. The molecule has 2 aromatic heterocycles. The summed E-state index contributed by atoms with van der Waals surface area (Å²) >= 11 is 0. The van der Waals surface area contributed by atoms with Gasteiger partial charge in [0.15, 0.2) is 0 Å². The quantitative estimate of drug-likeness (QED) is 0.938. The lowest BCUT2D eigenvalue weighted by Gasteiger charge is -2.18. The molecule has 2 aromatic rings. The zero-order chi connectivity index (χ0) is 15.5. The normalized spacial score (nSPS) is 13.2. The first-order valence-corrected chi connectivity index (χ1v) is 6.60. The minimum Gasteiger partial charge on any atom is -0.305 e. The standard InChI is InChI=1S/C15H16F3N3/c1-3-20-14(11-6-10(2)7-19-8-11)13-5-4-12(9-21-13)15(16,17)18/h4-9,14,20H,3H2,1-2H3. The molecule has 2 heterocycles. The van der Waals surface area contributed by atoms with Gasteiger partial charge >= 0.3 is 6.18 Å². The van der Waals surface area contributed by atoms with Gasteiger partial charge in [-0.3, -0.25) is 9.97 Å². The highest BCUT2D eigenvalue weighted by Crippen LogP contribution is 2.29. The van der Waals surface area contributed by atoms with Crippen LogP contribution >= 0.6 is 0 Å².